The lowest BCUT2D eigenvalue weighted by Crippen LogP contribution is -2.38. The number of anilines is 2. The third-order valence-electron chi connectivity index (χ3n) is 6.39. The van der Waals surface area contributed by atoms with Crippen LogP contribution in [-0.4, -0.2) is 40.4 Å². The number of sulfone groups is 1. The summed E-state index contributed by atoms with van der Waals surface area (Å²) in [7, 11) is -2.41. The molecule has 2 aromatic carbocycles. The minimum absolute atomic E-state index is 0.0639. The molecule has 3 rings (SSSR count). The van der Waals surface area contributed by atoms with Crippen LogP contribution in [0.4, 0.5) is 11.4 Å². The lowest BCUT2D eigenvalue weighted by Gasteiger charge is -2.37. The number of para-hydroxylation sites is 1. The maximum absolute atomic E-state index is 13.9. The van der Waals surface area contributed by atoms with Gasteiger partial charge in [-0.05, 0) is 31.0 Å². The first-order valence-electron chi connectivity index (χ1n) is 11.8. The molecule has 34 heavy (non-hydrogen) atoms. The summed E-state index contributed by atoms with van der Waals surface area (Å²) in [5, 5.41) is 0.244. The first kappa shape index (κ1) is 26.4. The molecule has 2 aromatic rings. The highest BCUT2D eigenvalue weighted by Crippen LogP contribution is 2.47. The van der Waals surface area contributed by atoms with E-state index in [-0.39, 0.29) is 33.4 Å². The summed E-state index contributed by atoms with van der Waals surface area (Å²) >= 11 is 6.53. The molecule has 1 aliphatic rings. The normalized spacial score (nSPS) is 16.4. The first-order chi connectivity index (χ1) is 16.2. The summed E-state index contributed by atoms with van der Waals surface area (Å²) in [5.41, 5.74) is 1.06. The third kappa shape index (κ3) is 6.05. The second-order valence-corrected chi connectivity index (χ2v) is 11.4. The highest BCUT2D eigenvalue weighted by atomic mass is 35.5. The van der Waals surface area contributed by atoms with Crippen LogP contribution in [0.3, 0.4) is 0 Å². The van der Waals surface area contributed by atoms with Crippen molar-refractivity contribution in [2.75, 3.05) is 30.9 Å². The summed E-state index contributed by atoms with van der Waals surface area (Å²) < 4.78 is 37.9. The Labute approximate surface area is 208 Å². The van der Waals surface area contributed by atoms with Gasteiger partial charge in [-0.15, -0.1) is 0 Å². The number of fused-ring (bicyclic) bond motifs is 1. The maximum Gasteiger partial charge on any atom is 0.343 e. The van der Waals surface area contributed by atoms with E-state index in [0.29, 0.717) is 12.2 Å². The fraction of sp³-hybridized carbons (Fsp3) is 0.500. The van der Waals surface area contributed by atoms with Crippen molar-refractivity contribution in [2.45, 2.75) is 57.3 Å². The molecule has 0 saturated heterocycles. The van der Waals surface area contributed by atoms with Crippen LogP contribution < -0.4 is 9.64 Å². The molecule has 1 aliphatic heterocycles. The zero-order chi connectivity index (χ0) is 24.8. The van der Waals surface area contributed by atoms with Gasteiger partial charge in [0, 0.05) is 23.7 Å². The fourth-order valence-electron chi connectivity index (χ4n) is 4.61. The fourth-order valence-corrected chi connectivity index (χ4v) is 6.94. The molecule has 0 unspecified atom stereocenters. The van der Waals surface area contributed by atoms with Crippen molar-refractivity contribution in [3.8, 4) is 5.75 Å². The third-order valence-corrected chi connectivity index (χ3v) is 8.68. The molecule has 0 saturated carbocycles. The van der Waals surface area contributed by atoms with Crippen molar-refractivity contribution in [2.24, 2.45) is 5.41 Å². The number of nitrogens with zero attached hydrogens (tertiary/aromatic N) is 1. The second kappa shape index (κ2) is 11.5. The predicted molar refractivity (Wildman–Crippen MR) is 136 cm³/mol. The Bertz CT molecular complexity index is 1080. The SMILES string of the molecule is CCCCC1(CCCC)CN(c2ccccc2)c2cc(Cl)c(OCC(=O)OC)cc2S(=O)(=O)C1. The van der Waals surface area contributed by atoms with Gasteiger partial charge < -0.3 is 14.4 Å². The van der Waals surface area contributed by atoms with E-state index in [4.69, 9.17) is 16.3 Å². The summed E-state index contributed by atoms with van der Waals surface area (Å²) in [4.78, 5) is 13.8. The van der Waals surface area contributed by atoms with Crippen LogP contribution >= 0.6 is 11.6 Å². The van der Waals surface area contributed by atoms with Gasteiger partial charge in [0.1, 0.15) is 5.75 Å². The molecule has 0 N–H and O–H groups in total. The van der Waals surface area contributed by atoms with Crippen molar-refractivity contribution in [3.05, 3.63) is 47.5 Å². The molecular formula is C26H34ClNO5S. The number of benzene rings is 2. The molecule has 186 valence electrons. The molecule has 1 heterocycles. The zero-order valence-electron chi connectivity index (χ0n) is 20.2. The van der Waals surface area contributed by atoms with Gasteiger partial charge in [0.15, 0.2) is 16.4 Å². The van der Waals surface area contributed by atoms with E-state index in [1.807, 2.05) is 30.3 Å². The van der Waals surface area contributed by atoms with Crippen LogP contribution in [0.5, 0.6) is 5.75 Å². The molecule has 0 atom stereocenters. The van der Waals surface area contributed by atoms with Crippen molar-refractivity contribution >= 4 is 38.8 Å². The number of carbonyl (C=O) groups excluding carboxylic acids is 1. The van der Waals surface area contributed by atoms with Gasteiger partial charge in [-0.3, -0.25) is 0 Å². The molecule has 0 radical (unpaired) electrons. The summed E-state index contributed by atoms with van der Waals surface area (Å²) in [5.74, 6) is -0.357. The van der Waals surface area contributed by atoms with E-state index in [1.54, 1.807) is 6.07 Å². The van der Waals surface area contributed by atoms with E-state index >= 15 is 0 Å². The minimum Gasteiger partial charge on any atom is -0.480 e. The van der Waals surface area contributed by atoms with E-state index in [2.05, 4.69) is 23.5 Å². The van der Waals surface area contributed by atoms with Crippen LogP contribution in [0.2, 0.25) is 5.02 Å². The Morgan fingerprint density at radius 1 is 1.09 bits per heavy atom. The smallest absolute Gasteiger partial charge is 0.343 e. The van der Waals surface area contributed by atoms with Gasteiger partial charge in [0.05, 0.1) is 28.5 Å². The number of unbranched alkanes of at least 4 members (excludes halogenated alkanes) is 2. The van der Waals surface area contributed by atoms with E-state index in [9.17, 15) is 13.2 Å². The Balaban J connectivity index is 2.17. The summed E-state index contributed by atoms with van der Waals surface area (Å²) in [6.07, 6.45) is 5.60. The van der Waals surface area contributed by atoms with Gasteiger partial charge in [-0.1, -0.05) is 69.3 Å². The minimum atomic E-state index is -3.67. The first-order valence-corrected chi connectivity index (χ1v) is 13.9. The lowest BCUT2D eigenvalue weighted by molar-refractivity contribution is -0.142. The van der Waals surface area contributed by atoms with Crippen LogP contribution in [0.25, 0.3) is 0 Å². The van der Waals surface area contributed by atoms with Crippen LogP contribution in [0.15, 0.2) is 47.4 Å². The average molecular weight is 508 g/mol. The maximum atomic E-state index is 13.9. The Hall–Kier alpha value is -2.25. The molecule has 0 fully saturated rings. The molecule has 8 heteroatoms. The molecule has 6 nitrogen and oxygen atoms in total. The number of ether oxygens (including phenoxy) is 2. The summed E-state index contributed by atoms with van der Waals surface area (Å²) in [6.45, 7) is 4.50. The van der Waals surface area contributed by atoms with Gasteiger partial charge in [0.2, 0.25) is 0 Å². The number of esters is 1. The van der Waals surface area contributed by atoms with Gasteiger partial charge in [-0.25, -0.2) is 13.2 Å². The van der Waals surface area contributed by atoms with Crippen molar-refractivity contribution in [1.29, 1.82) is 0 Å². The van der Waals surface area contributed by atoms with Crippen LogP contribution in [0.1, 0.15) is 52.4 Å². The number of hydrogen-bond acceptors (Lipinski definition) is 6. The Morgan fingerprint density at radius 3 is 2.32 bits per heavy atom. The predicted octanol–water partition coefficient (Wildman–Crippen LogP) is 6.18. The number of hydrogen-bond donors (Lipinski definition) is 0. The van der Waals surface area contributed by atoms with Gasteiger partial charge >= 0.3 is 5.97 Å². The van der Waals surface area contributed by atoms with E-state index < -0.39 is 15.8 Å². The van der Waals surface area contributed by atoms with Crippen LogP contribution in [-0.2, 0) is 19.4 Å². The zero-order valence-corrected chi connectivity index (χ0v) is 21.8. The standard InChI is InChI=1S/C26H34ClNO5S/c1-4-6-13-26(14-7-5-2)18-28(20-11-9-8-10-12-20)22-15-21(27)23(33-17-25(29)32-3)16-24(22)34(30,31)19-26/h8-12,15-16H,4-7,13-14,17-19H2,1-3H3. The molecule has 0 spiro atoms. The number of methoxy groups -OCH3 is 1. The number of carbonyl (C=O) groups is 1. The van der Waals surface area contributed by atoms with Crippen molar-refractivity contribution in [1.82, 2.24) is 0 Å². The van der Waals surface area contributed by atoms with Gasteiger partial charge in [0.25, 0.3) is 0 Å². The largest absolute Gasteiger partial charge is 0.480 e. The quantitative estimate of drug-likeness (QED) is 0.357. The van der Waals surface area contributed by atoms with E-state index in [0.717, 1.165) is 44.2 Å². The molecule has 0 amide bonds. The number of rotatable bonds is 10. The Morgan fingerprint density at radius 2 is 1.74 bits per heavy atom. The monoisotopic (exact) mass is 507 g/mol. The highest BCUT2D eigenvalue weighted by molar-refractivity contribution is 7.91. The molecule has 0 aromatic heterocycles. The highest BCUT2D eigenvalue weighted by Gasteiger charge is 2.42. The molecular weight excluding hydrogens is 474 g/mol. The van der Waals surface area contributed by atoms with Crippen molar-refractivity contribution < 1.29 is 22.7 Å². The molecule has 0 bridgehead atoms. The molecule has 0 aliphatic carbocycles. The Kier molecular flexibility index (Phi) is 8.88. The second-order valence-electron chi connectivity index (χ2n) is 9.00. The summed E-state index contributed by atoms with van der Waals surface area (Å²) in [6, 6.07) is 12.9. The number of halogens is 1. The van der Waals surface area contributed by atoms with Gasteiger partial charge in [-0.2, -0.15) is 0 Å². The van der Waals surface area contributed by atoms with E-state index in [1.165, 1.54) is 13.2 Å². The lowest BCUT2D eigenvalue weighted by atomic mass is 9.79. The van der Waals surface area contributed by atoms with Crippen molar-refractivity contribution in [3.63, 3.8) is 0 Å². The van der Waals surface area contributed by atoms with Crippen LogP contribution in [0, 0.1) is 5.41 Å². The topological polar surface area (TPSA) is 72.9 Å². The average Bonchev–Trinajstić information content (AvgIpc) is 2.92.